The summed E-state index contributed by atoms with van der Waals surface area (Å²) in [6.07, 6.45) is 0. The van der Waals surface area contributed by atoms with Crippen LogP contribution in [-0.2, 0) is 14.8 Å². The molecule has 1 amide bonds. The number of nitrogens with one attached hydrogen (secondary N) is 1. The molecule has 0 saturated heterocycles. The number of hydrogen-bond donors (Lipinski definition) is 3. The maximum atomic E-state index is 12.4. The molecule has 6 nitrogen and oxygen atoms in total. The van der Waals surface area contributed by atoms with E-state index < -0.39 is 21.0 Å². The minimum Gasteiger partial charge on any atom is -0.325 e. The highest BCUT2D eigenvalue weighted by atomic mass is 32.2. The Labute approximate surface area is 126 Å². The third-order valence-corrected chi connectivity index (χ3v) is 5.07. The molecule has 21 heavy (non-hydrogen) atoms. The van der Waals surface area contributed by atoms with Gasteiger partial charge in [-0.3, -0.25) is 4.79 Å². The van der Waals surface area contributed by atoms with Gasteiger partial charge in [0.1, 0.15) is 0 Å². The number of hydrogen-bond acceptors (Lipinski definition) is 4. The average molecular weight is 313 g/mol. The molecule has 0 bridgehead atoms. The molecule has 0 unspecified atom stereocenters. The summed E-state index contributed by atoms with van der Waals surface area (Å²) >= 11 is 0. The van der Waals surface area contributed by atoms with Crippen LogP contribution in [-0.4, -0.2) is 19.9 Å². The topological polar surface area (TPSA) is 115 Å². The number of anilines is 1. The third kappa shape index (κ3) is 3.61. The average Bonchev–Trinajstić information content (AvgIpc) is 2.28. The highest BCUT2D eigenvalue weighted by molar-refractivity contribution is 7.89. The minimum absolute atomic E-state index is 0.00915. The lowest BCUT2D eigenvalue weighted by Crippen LogP contribution is -2.53. The molecule has 1 aromatic rings. The summed E-state index contributed by atoms with van der Waals surface area (Å²) in [7, 11) is -3.83. The normalized spacial score (nSPS) is 13.1. The van der Waals surface area contributed by atoms with Crippen LogP contribution in [0.15, 0.2) is 23.1 Å². The van der Waals surface area contributed by atoms with Crippen molar-refractivity contribution in [3.05, 3.63) is 23.8 Å². The molecule has 0 heterocycles. The van der Waals surface area contributed by atoms with Gasteiger partial charge in [0.2, 0.25) is 15.9 Å². The van der Waals surface area contributed by atoms with Crippen molar-refractivity contribution >= 4 is 21.6 Å². The van der Waals surface area contributed by atoms with E-state index in [1.54, 1.807) is 40.7 Å². The molecule has 1 rings (SSSR count). The quantitative estimate of drug-likeness (QED) is 0.778. The Bertz CT molecular complexity index is 659. The van der Waals surface area contributed by atoms with Gasteiger partial charge in [0.25, 0.3) is 0 Å². The van der Waals surface area contributed by atoms with Crippen LogP contribution in [0.5, 0.6) is 0 Å². The van der Waals surface area contributed by atoms with E-state index in [0.29, 0.717) is 11.3 Å². The van der Waals surface area contributed by atoms with Crippen LogP contribution < -0.4 is 16.2 Å². The maximum absolute atomic E-state index is 12.4. The van der Waals surface area contributed by atoms with Gasteiger partial charge >= 0.3 is 0 Å². The number of amides is 1. The van der Waals surface area contributed by atoms with Crippen molar-refractivity contribution < 1.29 is 13.2 Å². The van der Waals surface area contributed by atoms with Gasteiger partial charge in [0.15, 0.2) is 0 Å². The van der Waals surface area contributed by atoms with Gasteiger partial charge in [0.05, 0.1) is 10.3 Å². The Balaban J connectivity index is 3.20. The Morgan fingerprint density at radius 3 is 2.14 bits per heavy atom. The number of primary sulfonamides is 1. The molecule has 0 atom stereocenters. The lowest BCUT2D eigenvalue weighted by Gasteiger charge is -2.37. The molecule has 0 radical (unpaired) electrons. The third-order valence-electron chi connectivity index (χ3n) is 4.02. The summed E-state index contributed by atoms with van der Waals surface area (Å²) in [5.41, 5.74) is 5.27. The first kappa shape index (κ1) is 17.6. The monoisotopic (exact) mass is 313 g/mol. The number of rotatable bonds is 4. The highest BCUT2D eigenvalue weighted by Gasteiger charge is 2.40. The van der Waals surface area contributed by atoms with E-state index in [1.165, 1.54) is 12.1 Å². The zero-order valence-corrected chi connectivity index (χ0v) is 13.8. The number of sulfonamides is 1. The van der Waals surface area contributed by atoms with Crippen LogP contribution in [0.2, 0.25) is 0 Å². The summed E-state index contributed by atoms with van der Waals surface area (Å²) in [5.74, 6) is -0.287. The van der Waals surface area contributed by atoms with Crippen molar-refractivity contribution in [3.8, 4) is 0 Å². The molecular formula is C14H23N3O3S. The molecule has 7 heteroatoms. The summed E-state index contributed by atoms with van der Waals surface area (Å²) < 4.78 is 23.0. The second-order valence-electron chi connectivity index (χ2n) is 6.27. The predicted octanol–water partition coefficient (Wildman–Crippen LogP) is 1.34. The van der Waals surface area contributed by atoms with E-state index in [0.717, 1.165) is 0 Å². The smallest absolute Gasteiger partial charge is 0.238 e. The van der Waals surface area contributed by atoms with Gasteiger partial charge in [0, 0.05) is 11.2 Å². The molecule has 0 spiro atoms. The van der Waals surface area contributed by atoms with Crippen molar-refractivity contribution in [1.82, 2.24) is 0 Å². The van der Waals surface area contributed by atoms with Gasteiger partial charge < -0.3 is 11.1 Å². The second kappa shape index (κ2) is 5.40. The Morgan fingerprint density at radius 1 is 1.19 bits per heavy atom. The summed E-state index contributed by atoms with van der Waals surface area (Å²) in [6, 6.07) is 4.56. The fourth-order valence-corrected chi connectivity index (χ4v) is 2.43. The first-order chi connectivity index (χ1) is 9.28. The minimum atomic E-state index is -3.83. The van der Waals surface area contributed by atoms with E-state index in [-0.39, 0.29) is 10.8 Å². The van der Waals surface area contributed by atoms with Crippen LogP contribution >= 0.6 is 0 Å². The molecule has 118 valence electrons. The Hall–Kier alpha value is -1.44. The van der Waals surface area contributed by atoms with Gasteiger partial charge in [-0.25, -0.2) is 13.6 Å². The Kier molecular flexibility index (Phi) is 4.53. The van der Waals surface area contributed by atoms with Gasteiger partial charge in [-0.05, 0) is 52.3 Å². The zero-order chi connectivity index (χ0) is 16.6. The largest absolute Gasteiger partial charge is 0.325 e. The fourth-order valence-electron chi connectivity index (χ4n) is 1.63. The predicted molar refractivity (Wildman–Crippen MR) is 83.2 cm³/mol. The standard InChI is InChI=1S/C14H23N3O3S/c1-9-10(7-6-8-11(9)21(16,19)20)17-12(18)13(2,3)14(4,5)15/h6-8H,15H2,1-5H3,(H,17,18)(H2,16,19,20). The van der Waals surface area contributed by atoms with Crippen molar-refractivity contribution in [2.45, 2.75) is 45.1 Å². The summed E-state index contributed by atoms with van der Waals surface area (Å²) in [5, 5.41) is 7.88. The number of carbonyl (C=O) groups excluding carboxylic acids is 1. The maximum Gasteiger partial charge on any atom is 0.238 e. The van der Waals surface area contributed by atoms with Crippen LogP contribution in [0.25, 0.3) is 0 Å². The van der Waals surface area contributed by atoms with Gasteiger partial charge in [-0.1, -0.05) is 6.07 Å². The molecule has 0 aliphatic heterocycles. The van der Waals surface area contributed by atoms with Crippen LogP contribution in [0.1, 0.15) is 33.3 Å². The van der Waals surface area contributed by atoms with Crippen LogP contribution in [0.3, 0.4) is 0 Å². The summed E-state index contributed by atoms with van der Waals surface area (Å²) in [4.78, 5) is 12.4. The summed E-state index contributed by atoms with van der Waals surface area (Å²) in [6.45, 7) is 8.60. The van der Waals surface area contributed by atoms with Crippen molar-refractivity contribution in [3.63, 3.8) is 0 Å². The van der Waals surface area contributed by atoms with E-state index in [9.17, 15) is 13.2 Å². The molecule has 0 aliphatic rings. The van der Waals surface area contributed by atoms with Crippen molar-refractivity contribution in [2.24, 2.45) is 16.3 Å². The SMILES string of the molecule is Cc1c(NC(=O)C(C)(C)C(C)(C)N)cccc1S(N)(=O)=O. The second-order valence-corrected chi connectivity index (χ2v) is 7.80. The molecular weight excluding hydrogens is 290 g/mol. The molecule has 0 aromatic heterocycles. The molecule has 1 aromatic carbocycles. The van der Waals surface area contributed by atoms with E-state index in [1.807, 2.05) is 0 Å². The number of carbonyl (C=O) groups is 1. The van der Waals surface area contributed by atoms with Gasteiger partial charge in [-0.15, -0.1) is 0 Å². The molecule has 0 aliphatic carbocycles. The van der Waals surface area contributed by atoms with Gasteiger partial charge in [-0.2, -0.15) is 0 Å². The fraction of sp³-hybridized carbons (Fsp3) is 0.500. The van der Waals surface area contributed by atoms with Crippen LogP contribution in [0, 0.1) is 12.3 Å². The Morgan fingerprint density at radius 2 is 1.71 bits per heavy atom. The molecule has 0 saturated carbocycles. The van der Waals surface area contributed by atoms with E-state index >= 15 is 0 Å². The van der Waals surface area contributed by atoms with Crippen molar-refractivity contribution in [2.75, 3.05) is 5.32 Å². The number of nitrogens with two attached hydrogens (primary N) is 2. The first-order valence-corrected chi connectivity index (χ1v) is 8.06. The lowest BCUT2D eigenvalue weighted by atomic mass is 9.74. The number of benzene rings is 1. The molecule has 0 fully saturated rings. The zero-order valence-electron chi connectivity index (χ0n) is 13.0. The molecule has 5 N–H and O–H groups in total. The van der Waals surface area contributed by atoms with Crippen LogP contribution in [0.4, 0.5) is 5.69 Å². The lowest BCUT2D eigenvalue weighted by molar-refractivity contribution is -0.126. The highest BCUT2D eigenvalue weighted by Crippen LogP contribution is 2.31. The van der Waals surface area contributed by atoms with Crippen molar-refractivity contribution in [1.29, 1.82) is 0 Å². The van der Waals surface area contributed by atoms with E-state index in [2.05, 4.69) is 5.32 Å². The van der Waals surface area contributed by atoms with E-state index in [4.69, 9.17) is 10.9 Å². The first-order valence-electron chi connectivity index (χ1n) is 6.51.